The summed E-state index contributed by atoms with van der Waals surface area (Å²) in [5.41, 5.74) is 4.34. The van der Waals surface area contributed by atoms with Crippen molar-refractivity contribution in [3.05, 3.63) is 65.5 Å². The minimum absolute atomic E-state index is 0.0269. The number of benzene rings is 2. The Morgan fingerprint density at radius 1 is 0.926 bits per heavy atom. The molecule has 0 spiro atoms. The summed E-state index contributed by atoms with van der Waals surface area (Å²) in [6.07, 6.45) is 0.0269. The highest BCUT2D eigenvalue weighted by Gasteiger charge is 2.26. The number of anilines is 1. The maximum atomic E-state index is 11.6. The third kappa shape index (κ3) is 3.75. The molecule has 1 aliphatic heterocycles. The number of rotatable bonds is 5. The van der Waals surface area contributed by atoms with E-state index < -0.39 is 5.97 Å². The van der Waals surface area contributed by atoms with Crippen molar-refractivity contribution in [3.63, 3.8) is 0 Å². The minimum Gasteiger partial charge on any atom is -0.481 e. The summed E-state index contributed by atoms with van der Waals surface area (Å²) in [7, 11) is 0. The number of nitrogens with zero attached hydrogens (tertiary/aromatic N) is 1. The highest BCUT2D eigenvalue weighted by Crippen LogP contribution is 2.48. The summed E-state index contributed by atoms with van der Waals surface area (Å²) in [6, 6.07) is 20.4. The van der Waals surface area contributed by atoms with E-state index in [0.717, 1.165) is 45.2 Å². The fourth-order valence-corrected chi connectivity index (χ4v) is 4.88. The Labute approximate surface area is 162 Å². The van der Waals surface area contributed by atoms with Crippen LogP contribution in [0.1, 0.15) is 4.88 Å². The number of thiophene rings is 1. The topological polar surface area (TPSA) is 49.8 Å². The summed E-state index contributed by atoms with van der Waals surface area (Å²) >= 11 is 1.60. The molecular formula is C22H21NO3S. The first-order valence-electron chi connectivity index (χ1n) is 9.05. The van der Waals surface area contributed by atoms with Gasteiger partial charge in [0.1, 0.15) is 0 Å². The van der Waals surface area contributed by atoms with E-state index in [9.17, 15) is 9.90 Å². The number of morpholine rings is 1. The van der Waals surface area contributed by atoms with Crippen molar-refractivity contribution in [2.24, 2.45) is 0 Å². The zero-order valence-corrected chi connectivity index (χ0v) is 15.7. The van der Waals surface area contributed by atoms with E-state index in [1.807, 2.05) is 36.4 Å². The number of carboxylic acid groups (broad SMARTS) is 1. The second-order valence-corrected chi connectivity index (χ2v) is 7.57. The zero-order valence-electron chi connectivity index (χ0n) is 14.9. The van der Waals surface area contributed by atoms with Gasteiger partial charge in [0.25, 0.3) is 0 Å². The normalized spacial score (nSPS) is 14.3. The van der Waals surface area contributed by atoms with E-state index in [1.54, 1.807) is 11.3 Å². The highest BCUT2D eigenvalue weighted by atomic mass is 32.1. The fraction of sp³-hybridized carbons (Fsp3) is 0.227. The third-order valence-corrected chi connectivity index (χ3v) is 5.95. The molecule has 0 unspecified atom stereocenters. The lowest BCUT2D eigenvalue weighted by Gasteiger charge is -2.29. The molecule has 2 aromatic carbocycles. The highest BCUT2D eigenvalue weighted by molar-refractivity contribution is 7.17. The van der Waals surface area contributed by atoms with Crippen molar-refractivity contribution in [1.82, 2.24) is 0 Å². The predicted octanol–water partition coefficient (Wildman–Crippen LogP) is 4.55. The molecule has 27 heavy (non-hydrogen) atoms. The lowest BCUT2D eigenvalue weighted by Crippen LogP contribution is -2.35. The Kier molecular flexibility index (Phi) is 5.23. The molecule has 138 valence electrons. The van der Waals surface area contributed by atoms with Crippen LogP contribution in [-0.4, -0.2) is 37.4 Å². The summed E-state index contributed by atoms with van der Waals surface area (Å²) in [5, 5.41) is 10.6. The number of hydrogen-bond acceptors (Lipinski definition) is 4. The van der Waals surface area contributed by atoms with E-state index in [4.69, 9.17) is 4.74 Å². The molecule has 1 aromatic heterocycles. The van der Waals surface area contributed by atoms with E-state index in [-0.39, 0.29) is 6.42 Å². The van der Waals surface area contributed by atoms with Crippen LogP contribution in [0.15, 0.2) is 60.7 Å². The molecule has 0 radical (unpaired) electrons. The van der Waals surface area contributed by atoms with Crippen LogP contribution in [0.25, 0.3) is 22.3 Å². The van der Waals surface area contributed by atoms with Crippen LogP contribution in [0, 0.1) is 0 Å². The molecule has 2 heterocycles. The van der Waals surface area contributed by atoms with Crippen molar-refractivity contribution in [2.75, 3.05) is 31.2 Å². The van der Waals surface area contributed by atoms with Gasteiger partial charge >= 0.3 is 5.97 Å². The Balaban J connectivity index is 1.95. The molecule has 0 saturated carbocycles. The monoisotopic (exact) mass is 379 g/mol. The first-order chi connectivity index (χ1) is 13.2. The van der Waals surface area contributed by atoms with Crippen LogP contribution in [0.3, 0.4) is 0 Å². The standard InChI is InChI=1S/C22H21NO3S/c24-19(25)15-18-20(16-7-3-1-4-8-16)21(17-9-5-2-6-10-17)22(27-18)23-11-13-26-14-12-23/h1-10H,11-15H2,(H,24,25). The number of hydrogen-bond donors (Lipinski definition) is 1. The maximum Gasteiger partial charge on any atom is 0.308 e. The molecule has 0 bridgehead atoms. The lowest BCUT2D eigenvalue weighted by atomic mass is 9.95. The van der Waals surface area contributed by atoms with Crippen molar-refractivity contribution >= 4 is 22.3 Å². The van der Waals surface area contributed by atoms with E-state index >= 15 is 0 Å². The van der Waals surface area contributed by atoms with E-state index in [0.29, 0.717) is 13.2 Å². The van der Waals surface area contributed by atoms with Gasteiger partial charge in [0.15, 0.2) is 0 Å². The summed E-state index contributed by atoms with van der Waals surface area (Å²) in [5.74, 6) is -0.804. The molecule has 0 amide bonds. The van der Waals surface area contributed by atoms with Crippen LogP contribution in [0.4, 0.5) is 5.00 Å². The smallest absolute Gasteiger partial charge is 0.308 e. The zero-order chi connectivity index (χ0) is 18.6. The van der Waals surface area contributed by atoms with Crippen molar-refractivity contribution < 1.29 is 14.6 Å². The molecule has 1 saturated heterocycles. The second kappa shape index (κ2) is 7.94. The number of carbonyl (C=O) groups is 1. The molecule has 4 rings (SSSR count). The summed E-state index contributed by atoms with van der Waals surface area (Å²) in [4.78, 5) is 14.8. The van der Waals surface area contributed by atoms with E-state index in [1.165, 1.54) is 0 Å². The predicted molar refractivity (Wildman–Crippen MR) is 110 cm³/mol. The second-order valence-electron chi connectivity index (χ2n) is 6.48. The average Bonchev–Trinajstić information content (AvgIpc) is 3.08. The Hall–Kier alpha value is -2.63. The summed E-state index contributed by atoms with van der Waals surface area (Å²) in [6.45, 7) is 3.03. The molecule has 3 aromatic rings. The average molecular weight is 379 g/mol. The molecule has 5 heteroatoms. The van der Waals surface area contributed by atoms with Crippen LogP contribution < -0.4 is 4.90 Å². The molecule has 0 atom stereocenters. The molecule has 4 nitrogen and oxygen atoms in total. The van der Waals surface area contributed by atoms with Crippen molar-refractivity contribution in [3.8, 4) is 22.3 Å². The van der Waals surface area contributed by atoms with Gasteiger partial charge in [-0.3, -0.25) is 4.79 Å². The Morgan fingerprint density at radius 2 is 1.48 bits per heavy atom. The van der Waals surface area contributed by atoms with Crippen molar-refractivity contribution in [2.45, 2.75) is 6.42 Å². The van der Waals surface area contributed by atoms with Crippen LogP contribution in [-0.2, 0) is 16.0 Å². The van der Waals surface area contributed by atoms with Gasteiger partial charge in [0.2, 0.25) is 0 Å². The van der Waals surface area contributed by atoms with Gasteiger partial charge in [0, 0.05) is 29.1 Å². The molecule has 1 aliphatic rings. The first-order valence-corrected chi connectivity index (χ1v) is 9.86. The molecular weight excluding hydrogens is 358 g/mol. The maximum absolute atomic E-state index is 11.6. The third-order valence-electron chi connectivity index (χ3n) is 4.70. The fourth-order valence-electron chi connectivity index (χ4n) is 3.50. The van der Waals surface area contributed by atoms with Gasteiger partial charge in [-0.2, -0.15) is 0 Å². The SMILES string of the molecule is O=C(O)Cc1sc(N2CCOCC2)c(-c2ccccc2)c1-c1ccccc1. The molecule has 0 aliphatic carbocycles. The van der Waals surface area contributed by atoms with Gasteiger partial charge in [0.05, 0.1) is 24.6 Å². The first kappa shape index (κ1) is 17.8. The number of ether oxygens (including phenoxy) is 1. The van der Waals surface area contributed by atoms with Crippen LogP contribution >= 0.6 is 11.3 Å². The van der Waals surface area contributed by atoms with Gasteiger partial charge in [-0.15, -0.1) is 11.3 Å². The lowest BCUT2D eigenvalue weighted by molar-refractivity contribution is -0.136. The van der Waals surface area contributed by atoms with E-state index in [2.05, 4.69) is 29.2 Å². The quantitative estimate of drug-likeness (QED) is 0.707. The largest absolute Gasteiger partial charge is 0.481 e. The molecule has 1 fully saturated rings. The number of aliphatic carboxylic acids is 1. The van der Waals surface area contributed by atoms with Gasteiger partial charge in [-0.25, -0.2) is 0 Å². The Morgan fingerprint density at radius 3 is 2.04 bits per heavy atom. The summed E-state index contributed by atoms with van der Waals surface area (Å²) < 4.78 is 5.52. The number of carboxylic acids is 1. The minimum atomic E-state index is -0.804. The van der Waals surface area contributed by atoms with Gasteiger partial charge < -0.3 is 14.7 Å². The van der Waals surface area contributed by atoms with Gasteiger partial charge in [-0.05, 0) is 11.1 Å². The van der Waals surface area contributed by atoms with Crippen LogP contribution in [0.5, 0.6) is 0 Å². The van der Waals surface area contributed by atoms with Crippen LogP contribution in [0.2, 0.25) is 0 Å². The Bertz CT molecular complexity index is 915. The molecule has 1 N–H and O–H groups in total. The van der Waals surface area contributed by atoms with Crippen molar-refractivity contribution in [1.29, 1.82) is 0 Å². The van der Waals surface area contributed by atoms with Gasteiger partial charge in [-0.1, -0.05) is 60.7 Å².